The van der Waals surface area contributed by atoms with Crippen LogP contribution < -0.4 is 10.6 Å². The molecule has 162 valence electrons. The highest BCUT2D eigenvalue weighted by Crippen LogP contribution is 2.57. The number of hydrogen-bond donors (Lipinski definition) is 3. The van der Waals surface area contributed by atoms with E-state index in [1.165, 1.54) is 0 Å². The molecule has 2 bridgehead atoms. The van der Waals surface area contributed by atoms with Crippen LogP contribution >= 0.6 is 15.9 Å². The largest absolute Gasteiger partial charge is 0.443 e. The van der Waals surface area contributed by atoms with Crippen molar-refractivity contribution in [3.8, 4) is 0 Å². The van der Waals surface area contributed by atoms with Crippen molar-refractivity contribution in [1.82, 2.24) is 30.1 Å². The van der Waals surface area contributed by atoms with Gasteiger partial charge >= 0.3 is 6.09 Å². The van der Waals surface area contributed by atoms with Crippen LogP contribution in [0, 0.1) is 5.92 Å². The molecule has 3 aromatic rings. The molecule has 9 nitrogen and oxygen atoms in total. The summed E-state index contributed by atoms with van der Waals surface area (Å²) < 4.78 is 22.9. The van der Waals surface area contributed by atoms with E-state index < -0.39 is 24.3 Å². The van der Waals surface area contributed by atoms with Crippen molar-refractivity contribution < 1.29 is 13.9 Å². The number of alkyl carbamates (subject to hydrolysis) is 1. The number of amides is 1. The van der Waals surface area contributed by atoms with Crippen molar-refractivity contribution in [3.05, 3.63) is 34.8 Å². The third kappa shape index (κ3) is 3.17. The monoisotopic (exact) mass is 489 g/mol. The number of nitrogens with one attached hydrogen (secondary N) is 3. The Bertz CT molecular complexity index is 1150. The molecule has 0 aliphatic heterocycles. The molecule has 3 N–H and O–H groups in total. The Balaban J connectivity index is 1.11. The zero-order valence-corrected chi connectivity index (χ0v) is 18.1. The number of aromatic amines is 1. The summed E-state index contributed by atoms with van der Waals surface area (Å²) >= 11 is 3.41. The Morgan fingerprint density at radius 2 is 2.19 bits per heavy atom. The van der Waals surface area contributed by atoms with Crippen LogP contribution in [0.5, 0.6) is 0 Å². The number of carbonyl (C=O) groups is 1. The van der Waals surface area contributed by atoms with Gasteiger partial charge < -0.3 is 15.4 Å². The summed E-state index contributed by atoms with van der Waals surface area (Å²) in [6.45, 7) is 0. The van der Waals surface area contributed by atoms with Crippen LogP contribution in [0.2, 0.25) is 0 Å². The van der Waals surface area contributed by atoms with Crippen LogP contribution in [-0.2, 0) is 4.74 Å². The van der Waals surface area contributed by atoms with Gasteiger partial charge in [0.1, 0.15) is 22.4 Å². The zero-order chi connectivity index (χ0) is 21.2. The molecule has 0 radical (unpaired) electrons. The molecular weight excluding hydrogens is 469 g/mol. The molecule has 7 rings (SSSR count). The van der Waals surface area contributed by atoms with Gasteiger partial charge in [-0.15, -0.1) is 0 Å². The lowest BCUT2D eigenvalue weighted by molar-refractivity contribution is -0.0532. The van der Waals surface area contributed by atoms with Gasteiger partial charge in [-0.05, 0) is 60.0 Å². The minimum Gasteiger partial charge on any atom is -0.443 e. The van der Waals surface area contributed by atoms with Crippen molar-refractivity contribution in [3.63, 3.8) is 0 Å². The van der Waals surface area contributed by atoms with Crippen molar-refractivity contribution in [2.45, 2.75) is 55.8 Å². The lowest BCUT2D eigenvalue weighted by Gasteiger charge is -2.61. The fourth-order valence-electron chi connectivity index (χ4n) is 5.09. The Hall–Kier alpha value is -2.69. The maximum Gasteiger partial charge on any atom is 0.407 e. The molecule has 3 heterocycles. The van der Waals surface area contributed by atoms with Gasteiger partial charge in [0.25, 0.3) is 0 Å². The van der Waals surface area contributed by atoms with Crippen molar-refractivity contribution in [1.29, 1.82) is 0 Å². The lowest BCUT2D eigenvalue weighted by Crippen LogP contribution is -2.68. The maximum atomic E-state index is 15.1. The van der Waals surface area contributed by atoms with Gasteiger partial charge in [-0.3, -0.25) is 5.10 Å². The second-order valence-electron chi connectivity index (χ2n) is 8.85. The number of ether oxygens (including phenoxy) is 1. The number of rotatable bonds is 5. The average Bonchev–Trinajstić information content (AvgIpc) is 3.41. The van der Waals surface area contributed by atoms with E-state index in [1.807, 2.05) is 6.07 Å². The van der Waals surface area contributed by atoms with Crippen LogP contribution in [0.3, 0.4) is 0 Å². The number of nitrogens with zero attached hydrogens (tertiary/aromatic N) is 4. The molecule has 0 aromatic carbocycles. The molecule has 1 amide bonds. The summed E-state index contributed by atoms with van der Waals surface area (Å²) in [7, 11) is 0. The molecular formula is C20H21BrFN7O2. The van der Waals surface area contributed by atoms with Crippen LogP contribution in [0.1, 0.15) is 43.7 Å². The van der Waals surface area contributed by atoms with Crippen molar-refractivity contribution in [2.24, 2.45) is 5.92 Å². The van der Waals surface area contributed by atoms with Gasteiger partial charge in [0.05, 0.1) is 12.4 Å². The first kappa shape index (κ1) is 19.0. The van der Waals surface area contributed by atoms with E-state index in [4.69, 9.17) is 4.74 Å². The Labute approximate surface area is 185 Å². The number of halogens is 2. The fraction of sp³-hybridized carbons (Fsp3) is 0.500. The minimum absolute atomic E-state index is 0.0719. The van der Waals surface area contributed by atoms with E-state index in [1.54, 1.807) is 23.0 Å². The standard InChI is InChI=1S/C20H21BrFN7O2/c21-15-9-23-18(13-3-4-24-29(13)15)25-16-5-12(27-28-16)11-1-2-14(17(11)22)31-19(30)26-20-6-10(7-20)8-20/h3-5,9-11,14,17H,1-2,6-8H2,(H,26,30)(H2,23,25,27,28)/t10?,11-,14-,17+,20?/m0/s1. The van der Waals surface area contributed by atoms with Crippen molar-refractivity contribution in [2.75, 3.05) is 5.32 Å². The quantitative estimate of drug-likeness (QED) is 0.502. The summed E-state index contributed by atoms with van der Waals surface area (Å²) in [5.41, 5.74) is 1.38. The summed E-state index contributed by atoms with van der Waals surface area (Å²) in [5, 5.41) is 17.5. The number of aromatic nitrogens is 5. The maximum absolute atomic E-state index is 15.1. The number of hydrogen-bond acceptors (Lipinski definition) is 6. The molecule has 31 heavy (non-hydrogen) atoms. The van der Waals surface area contributed by atoms with Crippen LogP contribution in [0.15, 0.2) is 29.1 Å². The van der Waals surface area contributed by atoms with E-state index in [-0.39, 0.29) is 5.54 Å². The average molecular weight is 490 g/mol. The molecule has 0 saturated heterocycles. The summed E-state index contributed by atoms with van der Waals surface area (Å²) in [4.78, 5) is 16.6. The molecule has 4 fully saturated rings. The van der Waals surface area contributed by atoms with Gasteiger partial charge in [-0.25, -0.2) is 18.7 Å². The van der Waals surface area contributed by atoms with E-state index in [0.29, 0.717) is 30.2 Å². The van der Waals surface area contributed by atoms with Crippen LogP contribution in [0.4, 0.5) is 20.8 Å². The first-order valence-corrected chi connectivity index (χ1v) is 11.2. The number of fused-ring (bicyclic) bond motifs is 1. The number of alkyl halides is 1. The third-order valence-electron chi connectivity index (χ3n) is 6.80. The first-order chi connectivity index (χ1) is 15.0. The van der Waals surface area contributed by atoms with Crippen LogP contribution in [-0.4, -0.2) is 48.7 Å². The molecule has 4 aliphatic rings. The molecule has 4 aliphatic carbocycles. The Morgan fingerprint density at radius 3 is 2.97 bits per heavy atom. The summed E-state index contributed by atoms with van der Waals surface area (Å²) in [6.07, 6.45) is 4.95. The van der Waals surface area contributed by atoms with E-state index in [0.717, 1.165) is 35.3 Å². The third-order valence-corrected chi connectivity index (χ3v) is 7.34. The highest BCUT2D eigenvalue weighted by Gasteiger charge is 2.58. The minimum atomic E-state index is -1.28. The highest BCUT2D eigenvalue weighted by molar-refractivity contribution is 9.10. The molecule has 0 spiro atoms. The molecule has 3 atom stereocenters. The van der Waals surface area contributed by atoms with Crippen molar-refractivity contribution >= 4 is 39.2 Å². The van der Waals surface area contributed by atoms with E-state index in [2.05, 4.69) is 46.8 Å². The van der Waals surface area contributed by atoms with E-state index >= 15 is 4.39 Å². The summed E-state index contributed by atoms with van der Waals surface area (Å²) in [5.74, 6) is 1.48. The first-order valence-electron chi connectivity index (χ1n) is 10.4. The molecule has 0 unspecified atom stereocenters. The normalized spacial score (nSPS) is 31.2. The lowest BCUT2D eigenvalue weighted by atomic mass is 9.50. The topological polar surface area (TPSA) is 109 Å². The van der Waals surface area contributed by atoms with E-state index in [9.17, 15) is 4.79 Å². The fourth-order valence-corrected chi connectivity index (χ4v) is 5.47. The Morgan fingerprint density at radius 1 is 1.35 bits per heavy atom. The van der Waals surface area contributed by atoms with Gasteiger partial charge in [-0.1, -0.05) is 0 Å². The molecule has 11 heteroatoms. The zero-order valence-electron chi connectivity index (χ0n) is 16.5. The SMILES string of the molecule is O=C(NC12CC(C1)C2)O[C@H]1CC[C@@H](c2cc(Nc3ncc(Br)n4nccc34)n[nH]2)[C@H]1F. The second kappa shape index (κ2) is 6.91. The van der Waals surface area contributed by atoms with Gasteiger partial charge in [0.15, 0.2) is 11.6 Å². The van der Waals surface area contributed by atoms with Crippen LogP contribution in [0.25, 0.3) is 5.52 Å². The number of H-pyrrole nitrogens is 1. The van der Waals surface area contributed by atoms with Gasteiger partial charge in [0, 0.05) is 23.2 Å². The molecule has 3 aromatic heterocycles. The number of anilines is 2. The smallest absolute Gasteiger partial charge is 0.407 e. The predicted octanol–water partition coefficient (Wildman–Crippen LogP) is 3.82. The second-order valence-corrected chi connectivity index (χ2v) is 9.66. The molecule has 4 saturated carbocycles. The summed E-state index contributed by atoms with van der Waals surface area (Å²) in [6, 6.07) is 3.61. The van der Waals surface area contributed by atoms with Gasteiger partial charge in [0.2, 0.25) is 0 Å². The van der Waals surface area contributed by atoms with Gasteiger partial charge in [-0.2, -0.15) is 10.2 Å². The highest BCUT2D eigenvalue weighted by atomic mass is 79.9. The predicted molar refractivity (Wildman–Crippen MR) is 113 cm³/mol. The Kier molecular flexibility index (Phi) is 4.24. The number of carbonyl (C=O) groups excluding carboxylic acids is 1.